The molecule has 1 N–H and O–H groups in total. The molecule has 1 amide bonds. The molecular formula is C17H22N2O4. The molecule has 0 radical (unpaired) electrons. The van der Waals surface area contributed by atoms with Crippen molar-refractivity contribution in [2.45, 2.75) is 44.8 Å². The van der Waals surface area contributed by atoms with Crippen LogP contribution in [-0.4, -0.2) is 52.7 Å². The predicted octanol–water partition coefficient (Wildman–Crippen LogP) is 2.20. The molecule has 23 heavy (non-hydrogen) atoms. The molecule has 2 saturated carbocycles. The molecular weight excluding hydrogens is 296 g/mol. The molecule has 1 aromatic rings. The molecule has 0 unspecified atom stereocenters. The van der Waals surface area contributed by atoms with Crippen molar-refractivity contribution in [3.63, 3.8) is 0 Å². The number of hydrogen-bond donors (Lipinski definition) is 1. The van der Waals surface area contributed by atoms with E-state index in [1.165, 1.54) is 24.8 Å². The lowest BCUT2D eigenvalue weighted by Crippen LogP contribution is -2.67. The number of nitrogens with zero attached hydrogens (tertiary/aromatic N) is 2. The summed E-state index contributed by atoms with van der Waals surface area (Å²) >= 11 is 0. The molecule has 1 aromatic heterocycles. The molecule has 2 atom stereocenters. The van der Waals surface area contributed by atoms with Crippen molar-refractivity contribution in [3.8, 4) is 0 Å². The molecule has 0 saturated heterocycles. The van der Waals surface area contributed by atoms with Gasteiger partial charge in [-0.05, 0) is 38.3 Å². The fourth-order valence-electron chi connectivity index (χ4n) is 3.94. The molecule has 124 valence electrons. The van der Waals surface area contributed by atoms with E-state index in [4.69, 9.17) is 9.84 Å². The number of aromatic carboxylic acids is 1. The first kappa shape index (κ1) is 15.9. The van der Waals surface area contributed by atoms with Gasteiger partial charge in [0.1, 0.15) is 5.69 Å². The summed E-state index contributed by atoms with van der Waals surface area (Å²) in [6.07, 6.45) is 5.88. The molecule has 0 bridgehead atoms. The number of carboxylic acid groups (broad SMARTS) is 1. The first-order valence-corrected chi connectivity index (χ1v) is 8.07. The summed E-state index contributed by atoms with van der Waals surface area (Å²) in [6, 6.07) is 3.09. The second-order valence-corrected chi connectivity index (χ2v) is 6.44. The van der Waals surface area contributed by atoms with Gasteiger partial charge in [0.25, 0.3) is 5.91 Å². The van der Waals surface area contributed by atoms with Gasteiger partial charge in [-0.15, -0.1) is 0 Å². The van der Waals surface area contributed by atoms with Crippen LogP contribution < -0.4 is 0 Å². The average molecular weight is 318 g/mol. The Balaban J connectivity index is 1.71. The van der Waals surface area contributed by atoms with Gasteiger partial charge in [0.2, 0.25) is 0 Å². The second kappa shape index (κ2) is 5.92. The van der Waals surface area contributed by atoms with Gasteiger partial charge in [-0.25, -0.2) is 9.78 Å². The largest absolute Gasteiger partial charge is 0.477 e. The van der Waals surface area contributed by atoms with Crippen LogP contribution in [0, 0.1) is 5.41 Å². The second-order valence-electron chi connectivity index (χ2n) is 6.44. The Morgan fingerprint density at radius 3 is 2.65 bits per heavy atom. The minimum absolute atomic E-state index is 0.0558. The standard InChI is InChI=1S/C17H22N2O4/c1-3-23-14-9-13(17(14)7-4-8-17)19(2)15(20)11-5-6-12(16(21)22)18-10-11/h5-6,10,13-14H,3-4,7-9H2,1-2H3,(H,21,22)/t13-,14+/m0/s1. The van der Waals surface area contributed by atoms with Gasteiger partial charge in [0.05, 0.1) is 11.7 Å². The summed E-state index contributed by atoms with van der Waals surface area (Å²) in [5.74, 6) is -1.20. The zero-order chi connectivity index (χ0) is 16.6. The zero-order valence-electron chi connectivity index (χ0n) is 13.5. The molecule has 1 heterocycles. The van der Waals surface area contributed by atoms with Crippen molar-refractivity contribution in [2.24, 2.45) is 5.41 Å². The monoisotopic (exact) mass is 318 g/mol. The van der Waals surface area contributed by atoms with E-state index in [0.717, 1.165) is 19.3 Å². The maximum Gasteiger partial charge on any atom is 0.354 e. The summed E-state index contributed by atoms with van der Waals surface area (Å²) in [5.41, 5.74) is 0.487. The van der Waals surface area contributed by atoms with Gasteiger partial charge in [-0.1, -0.05) is 6.42 Å². The summed E-state index contributed by atoms with van der Waals surface area (Å²) in [6.45, 7) is 2.71. The third-order valence-corrected chi connectivity index (χ3v) is 5.41. The number of carbonyl (C=O) groups excluding carboxylic acids is 1. The van der Waals surface area contributed by atoms with Crippen molar-refractivity contribution in [1.82, 2.24) is 9.88 Å². The number of hydrogen-bond acceptors (Lipinski definition) is 4. The number of aromatic nitrogens is 1. The van der Waals surface area contributed by atoms with E-state index in [1.807, 2.05) is 14.0 Å². The third-order valence-electron chi connectivity index (χ3n) is 5.41. The Morgan fingerprint density at radius 1 is 1.43 bits per heavy atom. The topological polar surface area (TPSA) is 79.7 Å². The molecule has 3 rings (SSSR count). The van der Waals surface area contributed by atoms with Crippen molar-refractivity contribution in [2.75, 3.05) is 13.7 Å². The molecule has 1 spiro atoms. The lowest BCUT2D eigenvalue weighted by molar-refractivity contribution is -0.192. The Labute approximate surface area is 135 Å². The number of pyridine rings is 1. The third kappa shape index (κ3) is 2.51. The lowest BCUT2D eigenvalue weighted by Gasteiger charge is -2.63. The first-order chi connectivity index (χ1) is 11.0. The fourth-order valence-corrected chi connectivity index (χ4v) is 3.94. The lowest BCUT2D eigenvalue weighted by atomic mass is 9.50. The van der Waals surface area contributed by atoms with E-state index in [1.54, 1.807) is 4.90 Å². The van der Waals surface area contributed by atoms with Crippen LogP contribution in [0.25, 0.3) is 0 Å². The predicted molar refractivity (Wildman–Crippen MR) is 83.4 cm³/mol. The molecule has 6 heteroatoms. The zero-order valence-corrected chi connectivity index (χ0v) is 13.5. The van der Waals surface area contributed by atoms with Crippen LogP contribution in [0.4, 0.5) is 0 Å². The van der Waals surface area contributed by atoms with Crippen LogP contribution in [0.3, 0.4) is 0 Å². The van der Waals surface area contributed by atoms with Crippen molar-refractivity contribution in [3.05, 3.63) is 29.6 Å². The molecule has 0 aliphatic heterocycles. The van der Waals surface area contributed by atoms with E-state index in [9.17, 15) is 9.59 Å². The highest BCUT2D eigenvalue weighted by molar-refractivity contribution is 5.95. The van der Waals surface area contributed by atoms with Gasteiger partial charge in [0.15, 0.2) is 0 Å². The maximum atomic E-state index is 12.7. The van der Waals surface area contributed by atoms with Crippen LogP contribution in [0.15, 0.2) is 18.3 Å². The number of amides is 1. The fraction of sp³-hybridized carbons (Fsp3) is 0.588. The van der Waals surface area contributed by atoms with Gasteiger partial charge < -0.3 is 14.7 Å². The Morgan fingerprint density at radius 2 is 2.17 bits per heavy atom. The molecule has 2 aliphatic rings. The van der Waals surface area contributed by atoms with Crippen molar-refractivity contribution >= 4 is 11.9 Å². The first-order valence-electron chi connectivity index (χ1n) is 8.07. The van der Waals surface area contributed by atoms with Gasteiger partial charge in [-0.2, -0.15) is 0 Å². The Bertz CT molecular complexity index is 610. The van der Waals surface area contributed by atoms with Crippen LogP contribution in [0.1, 0.15) is 53.5 Å². The van der Waals surface area contributed by atoms with E-state index in [2.05, 4.69) is 4.98 Å². The van der Waals surface area contributed by atoms with Crippen LogP contribution in [-0.2, 0) is 4.74 Å². The summed E-state index contributed by atoms with van der Waals surface area (Å²) in [7, 11) is 1.82. The van der Waals surface area contributed by atoms with Crippen molar-refractivity contribution in [1.29, 1.82) is 0 Å². The van der Waals surface area contributed by atoms with Crippen LogP contribution in [0.5, 0.6) is 0 Å². The molecule has 2 aliphatic carbocycles. The number of carbonyl (C=O) groups is 2. The SMILES string of the molecule is CCO[C@@H]1C[C@H](N(C)C(=O)c2ccc(C(=O)O)nc2)C12CCC2. The van der Waals surface area contributed by atoms with Crippen molar-refractivity contribution < 1.29 is 19.4 Å². The smallest absolute Gasteiger partial charge is 0.354 e. The minimum Gasteiger partial charge on any atom is -0.477 e. The molecule has 6 nitrogen and oxygen atoms in total. The number of rotatable bonds is 5. The average Bonchev–Trinajstić information content (AvgIpc) is 2.48. The van der Waals surface area contributed by atoms with E-state index in [-0.39, 0.29) is 29.2 Å². The van der Waals surface area contributed by atoms with Crippen LogP contribution in [0.2, 0.25) is 0 Å². The normalized spacial score (nSPS) is 24.6. The summed E-state index contributed by atoms with van der Waals surface area (Å²) in [5, 5.41) is 8.87. The van der Waals surface area contributed by atoms with E-state index >= 15 is 0 Å². The van der Waals surface area contributed by atoms with Gasteiger partial charge in [-0.3, -0.25) is 4.79 Å². The van der Waals surface area contributed by atoms with E-state index in [0.29, 0.717) is 12.2 Å². The highest BCUT2D eigenvalue weighted by atomic mass is 16.5. The molecule has 2 fully saturated rings. The maximum absolute atomic E-state index is 12.7. The number of ether oxygens (including phenoxy) is 1. The highest BCUT2D eigenvalue weighted by Gasteiger charge is 2.60. The van der Waals surface area contributed by atoms with Crippen LogP contribution >= 0.6 is 0 Å². The van der Waals surface area contributed by atoms with Gasteiger partial charge in [0, 0.05) is 31.3 Å². The highest BCUT2D eigenvalue weighted by Crippen LogP contribution is 2.59. The van der Waals surface area contributed by atoms with E-state index < -0.39 is 5.97 Å². The summed E-state index contributed by atoms with van der Waals surface area (Å²) in [4.78, 5) is 29.1. The Hall–Kier alpha value is -1.95. The molecule has 0 aromatic carbocycles. The van der Waals surface area contributed by atoms with Gasteiger partial charge >= 0.3 is 5.97 Å². The number of carboxylic acids is 1. The quantitative estimate of drug-likeness (QED) is 0.900. The Kier molecular flexibility index (Phi) is 4.10. The summed E-state index contributed by atoms with van der Waals surface area (Å²) < 4.78 is 5.83. The minimum atomic E-state index is -1.09.